The Morgan fingerprint density at radius 3 is 2.42 bits per heavy atom. The molecule has 2 unspecified atom stereocenters. The van der Waals surface area contributed by atoms with Gasteiger partial charge in [0.15, 0.2) is 0 Å². The summed E-state index contributed by atoms with van der Waals surface area (Å²) >= 11 is 0. The van der Waals surface area contributed by atoms with Crippen molar-refractivity contribution < 1.29 is 14.3 Å². The smallest absolute Gasteiger partial charge is 0.329 e. The number of benzene rings is 1. The lowest BCUT2D eigenvalue weighted by Crippen LogP contribution is -2.50. The molecule has 106 valence electrons. The van der Waals surface area contributed by atoms with Crippen molar-refractivity contribution in [1.29, 1.82) is 0 Å². The highest BCUT2D eigenvalue weighted by Gasteiger charge is 2.30. The fraction of sp³-hybridized carbons (Fsp3) is 0.533. The third-order valence-electron chi connectivity index (χ3n) is 3.25. The molecule has 0 aliphatic rings. The number of carbonyl (C=O) groups excluding carboxylic acids is 1. The summed E-state index contributed by atoms with van der Waals surface area (Å²) in [5, 5.41) is 0. The summed E-state index contributed by atoms with van der Waals surface area (Å²) < 4.78 is 10.2. The first kappa shape index (κ1) is 15.5. The maximum Gasteiger partial charge on any atom is 0.329 e. The standard InChI is InChI=1S/C15H23NO3/c1-5-11(2)12-6-8-13(9-7-12)19-10-15(3,16)14(17)18-4/h6-9,11H,5,10,16H2,1-4H3. The zero-order valence-electron chi connectivity index (χ0n) is 12.1. The zero-order valence-corrected chi connectivity index (χ0v) is 12.1. The minimum atomic E-state index is -1.13. The van der Waals surface area contributed by atoms with Crippen molar-refractivity contribution in [3.8, 4) is 5.75 Å². The third-order valence-corrected chi connectivity index (χ3v) is 3.25. The van der Waals surface area contributed by atoms with E-state index in [4.69, 9.17) is 10.5 Å². The van der Waals surface area contributed by atoms with Gasteiger partial charge in [0.05, 0.1) is 7.11 Å². The van der Waals surface area contributed by atoms with Gasteiger partial charge in [-0.05, 0) is 37.0 Å². The van der Waals surface area contributed by atoms with E-state index in [1.165, 1.54) is 12.7 Å². The van der Waals surface area contributed by atoms with Gasteiger partial charge in [-0.3, -0.25) is 0 Å². The molecule has 2 atom stereocenters. The molecule has 19 heavy (non-hydrogen) atoms. The second-order valence-electron chi connectivity index (χ2n) is 5.08. The highest BCUT2D eigenvalue weighted by atomic mass is 16.5. The van der Waals surface area contributed by atoms with Gasteiger partial charge in [0, 0.05) is 0 Å². The van der Waals surface area contributed by atoms with E-state index in [2.05, 4.69) is 18.6 Å². The van der Waals surface area contributed by atoms with Crippen LogP contribution in [0.4, 0.5) is 0 Å². The monoisotopic (exact) mass is 265 g/mol. The first-order valence-electron chi connectivity index (χ1n) is 6.50. The van der Waals surface area contributed by atoms with E-state index < -0.39 is 11.5 Å². The summed E-state index contributed by atoms with van der Waals surface area (Å²) in [5.41, 5.74) is 5.96. The molecule has 0 saturated carbocycles. The summed E-state index contributed by atoms with van der Waals surface area (Å²) in [4.78, 5) is 11.4. The van der Waals surface area contributed by atoms with Crippen LogP contribution in [0.1, 0.15) is 38.7 Å². The number of nitrogens with two attached hydrogens (primary N) is 1. The minimum Gasteiger partial charge on any atom is -0.491 e. The van der Waals surface area contributed by atoms with E-state index in [-0.39, 0.29) is 6.61 Å². The molecule has 4 heteroatoms. The molecule has 0 radical (unpaired) electrons. The topological polar surface area (TPSA) is 61.5 Å². The van der Waals surface area contributed by atoms with Gasteiger partial charge >= 0.3 is 5.97 Å². The average Bonchev–Trinajstić information content (AvgIpc) is 2.43. The highest BCUT2D eigenvalue weighted by molar-refractivity contribution is 5.80. The Hall–Kier alpha value is -1.55. The molecular formula is C15H23NO3. The van der Waals surface area contributed by atoms with E-state index in [9.17, 15) is 4.79 Å². The SMILES string of the molecule is CCC(C)c1ccc(OCC(C)(N)C(=O)OC)cc1. The van der Waals surface area contributed by atoms with Gasteiger partial charge in [-0.2, -0.15) is 0 Å². The van der Waals surface area contributed by atoms with Gasteiger partial charge < -0.3 is 15.2 Å². The second kappa shape index (κ2) is 6.57. The normalized spacial score (nSPS) is 15.4. The summed E-state index contributed by atoms with van der Waals surface area (Å²) in [6.07, 6.45) is 1.10. The van der Waals surface area contributed by atoms with Crippen molar-refractivity contribution in [3.05, 3.63) is 29.8 Å². The van der Waals surface area contributed by atoms with Crippen LogP contribution >= 0.6 is 0 Å². The zero-order chi connectivity index (χ0) is 14.5. The van der Waals surface area contributed by atoms with Gasteiger partial charge in [-0.25, -0.2) is 4.79 Å². The number of rotatable bonds is 6. The molecule has 1 rings (SSSR count). The van der Waals surface area contributed by atoms with Crippen LogP contribution in [0, 0.1) is 0 Å². The van der Waals surface area contributed by atoms with E-state index in [1.807, 2.05) is 24.3 Å². The quantitative estimate of drug-likeness (QED) is 0.803. The Balaban J connectivity index is 2.62. The molecule has 0 aliphatic carbocycles. The first-order chi connectivity index (χ1) is 8.90. The van der Waals surface area contributed by atoms with Crippen LogP contribution in [0.5, 0.6) is 5.75 Å². The van der Waals surface area contributed by atoms with Crippen LogP contribution in [-0.2, 0) is 9.53 Å². The minimum absolute atomic E-state index is 0.0857. The largest absolute Gasteiger partial charge is 0.491 e. The van der Waals surface area contributed by atoms with Crippen LogP contribution < -0.4 is 10.5 Å². The van der Waals surface area contributed by atoms with Crippen molar-refractivity contribution in [2.75, 3.05) is 13.7 Å². The Kier molecular flexibility index (Phi) is 5.36. The molecular weight excluding hydrogens is 242 g/mol. The molecule has 4 nitrogen and oxygen atoms in total. The van der Waals surface area contributed by atoms with Crippen LogP contribution in [0.2, 0.25) is 0 Å². The predicted octanol–water partition coefficient (Wildman–Crippen LogP) is 2.47. The number of ether oxygens (including phenoxy) is 2. The lowest BCUT2D eigenvalue weighted by atomic mass is 9.99. The van der Waals surface area contributed by atoms with Crippen molar-refractivity contribution in [1.82, 2.24) is 0 Å². The van der Waals surface area contributed by atoms with Gasteiger partial charge in [0.25, 0.3) is 0 Å². The van der Waals surface area contributed by atoms with Crippen molar-refractivity contribution in [3.63, 3.8) is 0 Å². The third kappa shape index (κ3) is 4.24. The van der Waals surface area contributed by atoms with E-state index in [0.29, 0.717) is 11.7 Å². The molecule has 0 spiro atoms. The highest BCUT2D eigenvalue weighted by Crippen LogP contribution is 2.21. The molecule has 0 bridgehead atoms. The molecule has 0 aromatic heterocycles. The second-order valence-corrected chi connectivity index (χ2v) is 5.08. The van der Waals surface area contributed by atoms with E-state index in [0.717, 1.165) is 6.42 Å². The van der Waals surface area contributed by atoms with Crippen LogP contribution in [0.3, 0.4) is 0 Å². The summed E-state index contributed by atoms with van der Waals surface area (Å²) in [6.45, 7) is 6.02. The summed E-state index contributed by atoms with van der Waals surface area (Å²) in [7, 11) is 1.31. The number of methoxy groups -OCH3 is 1. The Bertz CT molecular complexity index is 412. The molecule has 1 aromatic carbocycles. The van der Waals surface area contributed by atoms with E-state index >= 15 is 0 Å². The average molecular weight is 265 g/mol. The molecule has 0 aliphatic heterocycles. The lowest BCUT2D eigenvalue weighted by molar-refractivity contribution is -0.147. The van der Waals surface area contributed by atoms with E-state index in [1.54, 1.807) is 6.92 Å². The number of carbonyl (C=O) groups is 1. The summed E-state index contributed by atoms with van der Waals surface area (Å²) in [6, 6.07) is 7.87. The molecule has 0 heterocycles. The summed E-state index contributed by atoms with van der Waals surface area (Å²) in [5.74, 6) is 0.750. The van der Waals surface area contributed by atoms with Crippen LogP contribution in [-0.4, -0.2) is 25.2 Å². The van der Waals surface area contributed by atoms with Crippen molar-refractivity contribution >= 4 is 5.97 Å². The van der Waals surface area contributed by atoms with Crippen LogP contribution in [0.15, 0.2) is 24.3 Å². The molecule has 0 amide bonds. The maximum atomic E-state index is 11.4. The molecule has 0 saturated heterocycles. The molecule has 1 aromatic rings. The fourth-order valence-electron chi connectivity index (χ4n) is 1.65. The predicted molar refractivity (Wildman–Crippen MR) is 75.3 cm³/mol. The fourth-order valence-corrected chi connectivity index (χ4v) is 1.65. The van der Waals surface area contributed by atoms with Gasteiger partial charge in [-0.1, -0.05) is 26.0 Å². The number of esters is 1. The molecule has 2 N–H and O–H groups in total. The number of hydrogen-bond donors (Lipinski definition) is 1. The van der Waals surface area contributed by atoms with Crippen LogP contribution in [0.25, 0.3) is 0 Å². The maximum absolute atomic E-state index is 11.4. The molecule has 0 fully saturated rings. The number of hydrogen-bond acceptors (Lipinski definition) is 4. The van der Waals surface area contributed by atoms with Gasteiger partial charge in [-0.15, -0.1) is 0 Å². The van der Waals surface area contributed by atoms with Crippen molar-refractivity contribution in [2.24, 2.45) is 5.73 Å². The first-order valence-corrected chi connectivity index (χ1v) is 6.50. The Morgan fingerprint density at radius 1 is 1.37 bits per heavy atom. The Morgan fingerprint density at radius 2 is 1.95 bits per heavy atom. The lowest BCUT2D eigenvalue weighted by Gasteiger charge is -2.21. The van der Waals surface area contributed by atoms with Crippen molar-refractivity contribution in [2.45, 2.75) is 38.6 Å². The van der Waals surface area contributed by atoms with Gasteiger partial charge in [0.1, 0.15) is 17.9 Å². The Labute approximate surface area is 114 Å². The van der Waals surface area contributed by atoms with Gasteiger partial charge in [0.2, 0.25) is 0 Å².